The van der Waals surface area contributed by atoms with Crippen LogP contribution in [-0.2, 0) is 14.3 Å². The highest BCUT2D eigenvalue weighted by atomic mass is 16.5. The van der Waals surface area contributed by atoms with E-state index in [-0.39, 0.29) is 25.0 Å². The third kappa shape index (κ3) is 3.44. The number of benzene rings is 1. The summed E-state index contributed by atoms with van der Waals surface area (Å²) in [7, 11) is 1.48. The highest BCUT2D eigenvalue weighted by Gasteiger charge is 2.44. The standard InChI is InChI=1S/C19H24N2O5/c1-26-13-19(18(24)25)9-3-10-20(12-19)17(23)14-5-7-15(8-6-14)21-11-2-4-16(21)22/h5-8H,2-4,9-13H2,1H3,(H,24,25). The minimum atomic E-state index is -1.05. The first-order valence-electron chi connectivity index (χ1n) is 8.89. The van der Waals surface area contributed by atoms with Crippen LogP contribution in [0.1, 0.15) is 36.0 Å². The number of rotatable bonds is 5. The van der Waals surface area contributed by atoms with Gasteiger partial charge in [-0.3, -0.25) is 14.4 Å². The molecule has 7 heteroatoms. The van der Waals surface area contributed by atoms with Gasteiger partial charge in [0.25, 0.3) is 5.91 Å². The molecule has 2 saturated heterocycles. The third-order valence-electron chi connectivity index (χ3n) is 5.24. The van der Waals surface area contributed by atoms with Crippen molar-refractivity contribution in [3.05, 3.63) is 29.8 Å². The average molecular weight is 360 g/mol. The van der Waals surface area contributed by atoms with Crippen molar-refractivity contribution in [2.24, 2.45) is 5.41 Å². The Morgan fingerprint density at radius 1 is 1.19 bits per heavy atom. The third-order valence-corrected chi connectivity index (χ3v) is 5.24. The Balaban J connectivity index is 1.74. The van der Waals surface area contributed by atoms with Crippen LogP contribution in [0.25, 0.3) is 0 Å². The molecule has 2 amide bonds. The summed E-state index contributed by atoms with van der Waals surface area (Å²) in [6.07, 6.45) is 2.53. The Bertz CT molecular complexity index is 698. The van der Waals surface area contributed by atoms with Gasteiger partial charge in [-0.1, -0.05) is 0 Å². The number of nitrogens with zero attached hydrogens (tertiary/aromatic N) is 2. The maximum atomic E-state index is 12.8. The number of carbonyl (C=O) groups excluding carboxylic acids is 2. The van der Waals surface area contributed by atoms with Gasteiger partial charge in [-0.05, 0) is 43.5 Å². The summed E-state index contributed by atoms with van der Waals surface area (Å²) in [5.74, 6) is -1.02. The average Bonchev–Trinajstić information content (AvgIpc) is 3.07. The number of anilines is 1. The molecule has 0 saturated carbocycles. The lowest BCUT2D eigenvalue weighted by Gasteiger charge is -2.39. The topological polar surface area (TPSA) is 87.2 Å². The summed E-state index contributed by atoms with van der Waals surface area (Å²) in [6.45, 7) is 1.46. The summed E-state index contributed by atoms with van der Waals surface area (Å²) < 4.78 is 5.11. The van der Waals surface area contributed by atoms with E-state index < -0.39 is 11.4 Å². The molecule has 2 heterocycles. The number of carboxylic acid groups (broad SMARTS) is 1. The molecule has 0 spiro atoms. The van der Waals surface area contributed by atoms with Gasteiger partial charge < -0.3 is 19.6 Å². The van der Waals surface area contributed by atoms with Crippen molar-refractivity contribution >= 4 is 23.5 Å². The fourth-order valence-corrected chi connectivity index (χ4v) is 3.82. The Morgan fingerprint density at radius 2 is 1.92 bits per heavy atom. The fraction of sp³-hybridized carbons (Fsp3) is 0.526. The normalized spacial score (nSPS) is 23.3. The Hall–Kier alpha value is -2.41. The molecule has 2 aliphatic rings. The molecule has 140 valence electrons. The highest BCUT2D eigenvalue weighted by molar-refractivity contribution is 5.97. The van der Waals surface area contributed by atoms with Crippen LogP contribution >= 0.6 is 0 Å². The molecule has 26 heavy (non-hydrogen) atoms. The number of likely N-dealkylation sites (tertiary alicyclic amines) is 1. The van der Waals surface area contributed by atoms with Crippen molar-refractivity contribution < 1.29 is 24.2 Å². The van der Waals surface area contributed by atoms with Crippen molar-refractivity contribution in [3.63, 3.8) is 0 Å². The number of hydrogen-bond acceptors (Lipinski definition) is 4. The monoisotopic (exact) mass is 360 g/mol. The number of ether oxygens (including phenoxy) is 1. The first-order chi connectivity index (χ1) is 12.5. The molecule has 1 aromatic carbocycles. The predicted molar refractivity (Wildman–Crippen MR) is 95.1 cm³/mol. The number of amides is 2. The zero-order valence-electron chi connectivity index (χ0n) is 14.9. The number of carboxylic acids is 1. The van der Waals surface area contributed by atoms with E-state index in [0.717, 1.165) is 12.1 Å². The molecule has 0 bridgehead atoms. The maximum absolute atomic E-state index is 12.8. The SMILES string of the molecule is COCC1(C(=O)O)CCCN(C(=O)c2ccc(N3CCCC3=O)cc2)C1. The molecule has 0 aliphatic carbocycles. The minimum absolute atomic E-state index is 0.0854. The number of hydrogen-bond donors (Lipinski definition) is 1. The van der Waals surface area contributed by atoms with Crippen LogP contribution in [0, 0.1) is 5.41 Å². The number of carbonyl (C=O) groups is 3. The maximum Gasteiger partial charge on any atom is 0.313 e. The Labute approximate surface area is 152 Å². The van der Waals surface area contributed by atoms with Gasteiger partial charge in [-0.25, -0.2) is 0 Å². The molecule has 1 atom stereocenters. The van der Waals surface area contributed by atoms with Crippen LogP contribution < -0.4 is 4.90 Å². The second kappa shape index (κ2) is 7.45. The molecule has 0 aromatic heterocycles. The summed E-state index contributed by atoms with van der Waals surface area (Å²) in [4.78, 5) is 39.7. The van der Waals surface area contributed by atoms with Gasteiger partial charge in [0.1, 0.15) is 5.41 Å². The van der Waals surface area contributed by atoms with Gasteiger partial charge >= 0.3 is 5.97 Å². The second-order valence-electron chi connectivity index (χ2n) is 7.04. The van der Waals surface area contributed by atoms with Crippen LogP contribution in [0.2, 0.25) is 0 Å². The van der Waals surface area contributed by atoms with Crippen LogP contribution in [0.5, 0.6) is 0 Å². The van der Waals surface area contributed by atoms with Crippen LogP contribution in [0.3, 0.4) is 0 Å². The first kappa shape index (κ1) is 18.4. The second-order valence-corrected chi connectivity index (χ2v) is 7.04. The van der Waals surface area contributed by atoms with Gasteiger partial charge in [-0.15, -0.1) is 0 Å². The van der Waals surface area contributed by atoms with Crippen LogP contribution in [0.15, 0.2) is 24.3 Å². The van der Waals surface area contributed by atoms with Crippen LogP contribution in [-0.4, -0.2) is 61.1 Å². The Morgan fingerprint density at radius 3 is 2.50 bits per heavy atom. The molecule has 1 aromatic rings. The molecule has 0 radical (unpaired) electrons. The van der Waals surface area contributed by atoms with Crippen molar-refractivity contribution in [2.75, 3.05) is 38.3 Å². The zero-order valence-corrected chi connectivity index (χ0v) is 14.9. The molecule has 2 aliphatic heterocycles. The largest absolute Gasteiger partial charge is 0.481 e. The van der Waals surface area contributed by atoms with Crippen molar-refractivity contribution in [1.82, 2.24) is 4.90 Å². The van der Waals surface area contributed by atoms with E-state index >= 15 is 0 Å². The zero-order chi connectivity index (χ0) is 18.7. The smallest absolute Gasteiger partial charge is 0.313 e. The molecule has 1 N–H and O–H groups in total. The molecule has 7 nitrogen and oxygen atoms in total. The van der Waals surface area contributed by atoms with Gasteiger partial charge in [0.15, 0.2) is 0 Å². The lowest BCUT2D eigenvalue weighted by molar-refractivity contribution is -0.155. The molecule has 3 rings (SSSR count). The minimum Gasteiger partial charge on any atom is -0.481 e. The van der Waals surface area contributed by atoms with Crippen LogP contribution in [0.4, 0.5) is 5.69 Å². The number of aliphatic carboxylic acids is 1. The quantitative estimate of drug-likeness (QED) is 0.865. The summed E-state index contributed by atoms with van der Waals surface area (Å²) in [5.41, 5.74) is 0.242. The number of piperidine rings is 1. The summed E-state index contributed by atoms with van der Waals surface area (Å²) in [5, 5.41) is 9.62. The van der Waals surface area contributed by atoms with Crippen molar-refractivity contribution in [3.8, 4) is 0 Å². The molecular formula is C19H24N2O5. The number of methoxy groups -OCH3 is 1. The molecular weight excluding hydrogens is 336 g/mol. The van der Waals surface area contributed by atoms with Gasteiger partial charge in [-0.2, -0.15) is 0 Å². The van der Waals surface area contributed by atoms with E-state index in [4.69, 9.17) is 4.74 Å². The summed E-state index contributed by atoms with van der Waals surface area (Å²) in [6, 6.07) is 6.97. The van der Waals surface area contributed by atoms with Gasteiger partial charge in [0.05, 0.1) is 6.61 Å². The van der Waals surface area contributed by atoms with E-state index in [9.17, 15) is 19.5 Å². The Kier molecular flexibility index (Phi) is 5.27. The predicted octanol–water partition coefficient (Wildman–Crippen LogP) is 1.77. The lowest BCUT2D eigenvalue weighted by Crippen LogP contribution is -2.52. The van der Waals surface area contributed by atoms with E-state index in [0.29, 0.717) is 37.9 Å². The lowest BCUT2D eigenvalue weighted by atomic mass is 9.80. The van der Waals surface area contributed by atoms with Crippen molar-refractivity contribution in [2.45, 2.75) is 25.7 Å². The highest BCUT2D eigenvalue weighted by Crippen LogP contribution is 2.32. The van der Waals surface area contributed by atoms with E-state index in [1.165, 1.54) is 7.11 Å². The van der Waals surface area contributed by atoms with Gasteiger partial charge in [0.2, 0.25) is 5.91 Å². The molecule has 2 fully saturated rings. The van der Waals surface area contributed by atoms with E-state index in [2.05, 4.69) is 0 Å². The van der Waals surface area contributed by atoms with E-state index in [1.807, 2.05) is 0 Å². The van der Waals surface area contributed by atoms with E-state index in [1.54, 1.807) is 34.1 Å². The molecule has 1 unspecified atom stereocenters. The fourth-order valence-electron chi connectivity index (χ4n) is 3.82. The first-order valence-corrected chi connectivity index (χ1v) is 8.89. The van der Waals surface area contributed by atoms with Gasteiger partial charge in [0, 0.05) is 44.4 Å². The summed E-state index contributed by atoms with van der Waals surface area (Å²) >= 11 is 0. The van der Waals surface area contributed by atoms with Crippen molar-refractivity contribution in [1.29, 1.82) is 0 Å².